The van der Waals surface area contributed by atoms with Crippen LogP contribution in [0.5, 0.6) is 0 Å². The number of hydrogen-bond donors (Lipinski definition) is 2. The second-order valence-corrected chi connectivity index (χ2v) is 4.49. The molecule has 1 aromatic rings. The zero-order chi connectivity index (χ0) is 13.4. The Morgan fingerprint density at radius 1 is 1.33 bits per heavy atom. The fraction of sp³-hybridized carbons (Fsp3) is 0.500. The molecule has 18 heavy (non-hydrogen) atoms. The van der Waals surface area contributed by atoms with Crippen LogP contribution >= 0.6 is 0 Å². The van der Waals surface area contributed by atoms with E-state index >= 15 is 0 Å². The minimum Gasteiger partial charge on any atom is -0.378 e. The molecule has 0 heterocycles. The van der Waals surface area contributed by atoms with E-state index in [9.17, 15) is 4.79 Å². The van der Waals surface area contributed by atoms with E-state index in [-0.39, 0.29) is 18.1 Å². The molecule has 4 heteroatoms. The number of rotatable bonds is 7. The lowest BCUT2D eigenvalue weighted by Crippen LogP contribution is -2.32. The Kier molecular flexibility index (Phi) is 6.39. The number of carbonyl (C=O) groups is 1. The van der Waals surface area contributed by atoms with Crippen LogP contribution in [0.25, 0.3) is 0 Å². The smallest absolute Gasteiger partial charge is 0.222 e. The van der Waals surface area contributed by atoms with Crippen molar-refractivity contribution in [3.05, 3.63) is 35.9 Å². The molecule has 0 aliphatic rings. The number of nitrogens with two attached hydrogens (primary N) is 1. The molecule has 0 fully saturated rings. The van der Waals surface area contributed by atoms with Crippen molar-refractivity contribution >= 4 is 5.91 Å². The highest BCUT2D eigenvalue weighted by atomic mass is 16.5. The van der Waals surface area contributed by atoms with Crippen LogP contribution in [0.4, 0.5) is 0 Å². The van der Waals surface area contributed by atoms with E-state index in [2.05, 4.69) is 5.32 Å². The van der Waals surface area contributed by atoms with E-state index in [0.717, 1.165) is 5.56 Å². The molecule has 1 rings (SSSR count). The minimum atomic E-state index is -0.166. The van der Waals surface area contributed by atoms with Crippen LogP contribution in [-0.4, -0.2) is 25.2 Å². The normalized spacial score (nSPS) is 12.4. The molecule has 4 nitrogen and oxygen atoms in total. The van der Waals surface area contributed by atoms with Gasteiger partial charge in [0.25, 0.3) is 0 Å². The second-order valence-electron chi connectivity index (χ2n) is 4.49. The molecule has 0 radical (unpaired) electrons. The van der Waals surface area contributed by atoms with E-state index in [4.69, 9.17) is 10.5 Å². The quantitative estimate of drug-likeness (QED) is 0.773. The SMILES string of the molecule is CC(C)OCCC(=O)NCC(N)c1ccccc1. The Balaban J connectivity index is 2.22. The van der Waals surface area contributed by atoms with Gasteiger partial charge in [0.15, 0.2) is 0 Å². The van der Waals surface area contributed by atoms with Crippen LogP contribution in [0.2, 0.25) is 0 Å². The summed E-state index contributed by atoms with van der Waals surface area (Å²) in [4.78, 5) is 11.5. The molecule has 0 saturated carbocycles. The molecule has 1 unspecified atom stereocenters. The molecule has 1 atom stereocenters. The Bertz CT molecular complexity index is 352. The molecule has 0 aliphatic heterocycles. The molecule has 0 bridgehead atoms. The highest BCUT2D eigenvalue weighted by molar-refractivity contribution is 5.76. The van der Waals surface area contributed by atoms with E-state index in [1.807, 2.05) is 44.2 Å². The fourth-order valence-electron chi connectivity index (χ4n) is 1.52. The van der Waals surface area contributed by atoms with Gasteiger partial charge in [0, 0.05) is 19.0 Å². The van der Waals surface area contributed by atoms with Crippen molar-refractivity contribution in [2.24, 2.45) is 5.73 Å². The highest BCUT2D eigenvalue weighted by Crippen LogP contribution is 2.07. The van der Waals surface area contributed by atoms with Crippen LogP contribution in [0.15, 0.2) is 30.3 Å². The third-order valence-electron chi connectivity index (χ3n) is 2.53. The zero-order valence-electron chi connectivity index (χ0n) is 11.1. The molecule has 0 saturated heterocycles. The minimum absolute atomic E-state index is 0.0259. The number of ether oxygens (including phenoxy) is 1. The van der Waals surface area contributed by atoms with Crippen molar-refractivity contribution in [1.29, 1.82) is 0 Å². The first-order valence-corrected chi connectivity index (χ1v) is 6.28. The highest BCUT2D eigenvalue weighted by Gasteiger charge is 2.07. The van der Waals surface area contributed by atoms with E-state index in [1.54, 1.807) is 0 Å². The summed E-state index contributed by atoms with van der Waals surface area (Å²) in [6, 6.07) is 9.57. The summed E-state index contributed by atoms with van der Waals surface area (Å²) in [5.74, 6) is -0.0259. The maximum atomic E-state index is 11.5. The maximum Gasteiger partial charge on any atom is 0.222 e. The van der Waals surface area contributed by atoms with Gasteiger partial charge in [-0.3, -0.25) is 4.79 Å². The summed E-state index contributed by atoms with van der Waals surface area (Å²) in [7, 11) is 0. The summed E-state index contributed by atoms with van der Waals surface area (Å²) in [5.41, 5.74) is 7.00. The van der Waals surface area contributed by atoms with Crippen molar-refractivity contribution in [1.82, 2.24) is 5.32 Å². The van der Waals surface area contributed by atoms with Crippen molar-refractivity contribution in [3.63, 3.8) is 0 Å². The van der Waals surface area contributed by atoms with E-state index in [0.29, 0.717) is 19.6 Å². The van der Waals surface area contributed by atoms with E-state index in [1.165, 1.54) is 0 Å². The summed E-state index contributed by atoms with van der Waals surface area (Å²) in [6.45, 7) is 4.79. The lowest BCUT2D eigenvalue weighted by molar-refractivity contribution is -0.122. The van der Waals surface area contributed by atoms with Gasteiger partial charge in [-0.05, 0) is 19.4 Å². The average molecular weight is 250 g/mol. The maximum absolute atomic E-state index is 11.5. The van der Waals surface area contributed by atoms with Crippen molar-refractivity contribution in [3.8, 4) is 0 Å². The first kappa shape index (κ1) is 14.7. The van der Waals surface area contributed by atoms with Crippen LogP contribution in [0.3, 0.4) is 0 Å². The number of amides is 1. The summed E-state index contributed by atoms with van der Waals surface area (Å²) >= 11 is 0. The van der Waals surface area contributed by atoms with Crippen LogP contribution in [0.1, 0.15) is 31.9 Å². The van der Waals surface area contributed by atoms with Gasteiger partial charge in [0.1, 0.15) is 0 Å². The van der Waals surface area contributed by atoms with Crippen molar-refractivity contribution in [2.75, 3.05) is 13.2 Å². The summed E-state index contributed by atoms with van der Waals surface area (Å²) in [6.07, 6.45) is 0.532. The molecule has 1 amide bonds. The Morgan fingerprint density at radius 3 is 2.61 bits per heavy atom. The number of carbonyl (C=O) groups excluding carboxylic acids is 1. The Morgan fingerprint density at radius 2 is 2.00 bits per heavy atom. The molecule has 0 aromatic heterocycles. The number of nitrogens with one attached hydrogen (secondary N) is 1. The van der Waals surface area contributed by atoms with Gasteiger partial charge in [0.05, 0.1) is 12.7 Å². The standard InChI is InChI=1S/C14H22N2O2/c1-11(2)18-9-8-14(17)16-10-13(15)12-6-4-3-5-7-12/h3-7,11,13H,8-10,15H2,1-2H3,(H,16,17). The van der Waals surface area contributed by atoms with Crippen molar-refractivity contribution < 1.29 is 9.53 Å². The van der Waals surface area contributed by atoms with Gasteiger partial charge in [-0.25, -0.2) is 0 Å². The zero-order valence-corrected chi connectivity index (χ0v) is 11.1. The fourth-order valence-corrected chi connectivity index (χ4v) is 1.52. The van der Waals surface area contributed by atoms with Crippen LogP contribution in [0, 0.1) is 0 Å². The molecule has 0 spiro atoms. The average Bonchev–Trinajstić information content (AvgIpc) is 2.36. The first-order chi connectivity index (χ1) is 8.59. The Hall–Kier alpha value is -1.39. The number of hydrogen-bond acceptors (Lipinski definition) is 3. The summed E-state index contributed by atoms with van der Waals surface area (Å²) in [5, 5.41) is 2.81. The van der Waals surface area contributed by atoms with Gasteiger partial charge in [-0.15, -0.1) is 0 Å². The predicted molar refractivity (Wildman–Crippen MR) is 72.1 cm³/mol. The van der Waals surface area contributed by atoms with Gasteiger partial charge >= 0.3 is 0 Å². The molecule has 0 aliphatic carbocycles. The number of benzene rings is 1. The van der Waals surface area contributed by atoms with Gasteiger partial charge < -0.3 is 15.8 Å². The molecular weight excluding hydrogens is 228 g/mol. The third-order valence-corrected chi connectivity index (χ3v) is 2.53. The first-order valence-electron chi connectivity index (χ1n) is 6.28. The molecule has 3 N–H and O–H groups in total. The molecular formula is C14H22N2O2. The van der Waals surface area contributed by atoms with Crippen LogP contribution in [-0.2, 0) is 9.53 Å². The summed E-state index contributed by atoms with van der Waals surface area (Å²) < 4.78 is 5.31. The lowest BCUT2D eigenvalue weighted by Gasteiger charge is -2.13. The largest absolute Gasteiger partial charge is 0.378 e. The second kappa shape index (κ2) is 7.84. The van der Waals surface area contributed by atoms with Gasteiger partial charge in [-0.1, -0.05) is 30.3 Å². The monoisotopic (exact) mass is 250 g/mol. The predicted octanol–water partition coefficient (Wildman–Crippen LogP) is 1.62. The van der Waals surface area contributed by atoms with Crippen molar-refractivity contribution in [2.45, 2.75) is 32.4 Å². The van der Waals surface area contributed by atoms with E-state index < -0.39 is 0 Å². The molecule has 1 aromatic carbocycles. The van der Waals surface area contributed by atoms with Gasteiger partial charge in [-0.2, -0.15) is 0 Å². The Labute approximate surface area is 109 Å². The van der Waals surface area contributed by atoms with Gasteiger partial charge in [0.2, 0.25) is 5.91 Å². The third kappa shape index (κ3) is 5.80. The topological polar surface area (TPSA) is 64.3 Å². The lowest BCUT2D eigenvalue weighted by atomic mass is 10.1. The molecule has 100 valence electrons. The van der Waals surface area contributed by atoms with Crippen LogP contribution < -0.4 is 11.1 Å².